The monoisotopic (exact) mass is 550 g/mol. The predicted octanol–water partition coefficient (Wildman–Crippen LogP) is 5.50. The SMILES string of the molecule is CC(C)(C)c1nc2ccc(Br)cc2c(=O)n1N=Cc1cccc(OCC(=O)Nc2ccccc2F)c1. The van der Waals surface area contributed by atoms with Gasteiger partial charge >= 0.3 is 0 Å². The van der Waals surface area contributed by atoms with Crippen LogP contribution in [0.3, 0.4) is 0 Å². The molecule has 1 heterocycles. The lowest BCUT2D eigenvalue weighted by Crippen LogP contribution is -2.29. The topological polar surface area (TPSA) is 85.6 Å². The molecule has 0 unspecified atom stereocenters. The fourth-order valence-corrected chi connectivity index (χ4v) is 3.81. The lowest BCUT2D eigenvalue weighted by atomic mass is 9.95. The van der Waals surface area contributed by atoms with E-state index in [1.165, 1.54) is 23.0 Å². The number of ether oxygens (including phenoxy) is 1. The maximum Gasteiger partial charge on any atom is 0.282 e. The number of nitrogens with one attached hydrogen (secondary N) is 1. The molecule has 1 N–H and O–H groups in total. The number of fused-ring (bicyclic) bond motifs is 1. The summed E-state index contributed by atoms with van der Waals surface area (Å²) in [5.41, 5.74) is 0.628. The molecular weight excluding hydrogens is 527 g/mol. The van der Waals surface area contributed by atoms with Crippen LogP contribution in [0.25, 0.3) is 10.9 Å². The van der Waals surface area contributed by atoms with Gasteiger partial charge in [0.25, 0.3) is 11.5 Å². The molecule has 7 nitrogen and oxygen atoms in total. The molecule has 0 aliphatic heterocycles. The second-order valence-electron chi connectivity index (χ2n) is 9.10. The van der Waals surface area contributed by atoms with Crippen LogP contribution in [-0.4, -0.2) is 28.4 Å². The summed E-state index contributed by atoms with van der Waals surface area (Å²) in [6.07, 6.45) is 1.54. The van der Waals surface area contributed by atoms with Crippen LogP contribution in [0.15, 0.2) is 81.1 Å². The second-order valence-corrected chi connectivity index (χ2v) is 10.0. The number of carbonyl (C=O) groups is 1. The Bertz CT molecular complexity index is 1530. The second kappa shape index (κ2) is 10.4. The van der Waals surface area contributed by atoms with Gasteiger partial charge in [-0.3, -0.25) is 9.59 Å². The van der Waals surface area contributed by atoms with Crippen LogP contribution in [0.4, 0.5) is 10.1 Å². The molecule has 0 aliphatic carbocycles. The third-order valence-corrected chi connectivity index (χ3v) is 5.67. The highest BCUT2D eigenvalue weighted by atomic mass is 79.9. The number of rotatable bonds is 6. The zero-order valence-corrected chi connectivity index (χ0v) is 21.5. The number of carbonyl (C=O) groups excluding carboxylic acids is 1. The van der Waals surface area contributed by atoms with Crippen molar-refractivity contribution in [3.8, 4) is 5.75 Å². The van der Waals surface area contributed by atoms with E-state index < -0.39 is 17.1 Å². The molecule has 0 radical (unpaired) electrons. The van der Waals surface area contributed by atoms with Crippen molar-refractivity contribution in [2.24, 2.45) is 5.10 Å². The lowest BCUT2D eigenvalue weighted by Gasteiger charge is -2.20. The molecule has 0 aliphatic rings. The van der Waals surface area contributed by atoms with E-state index in [0.29, 0.717) is 28.0 Å². The van der Waals surface area contributed by atoms with E-state index >= 15 is 0 Å². The molecule has 0 fully saturated rings. The van der Waals surface area contributed by atoms with E-state index in [9.17, 15) is 14.0 Å². The van der Waals surface area contributed by atoms with Gasteiger partial charge in [-0.25, -0.2) is 9.37 Å². The molecule has 4 aromatic rings. The average Bonchev–Trinajstić information content (AvgIpc) is 2.83. The van der Waals surface area contributed by atoms with Gasteiger partial charge in [-0.1, -0.05) is 61.0 Å². The number of aromatic nitrogens is 2. The molecule has 0 spiro atoms. The number of amides is 1. The minimum Gasteiger partial charge on any atom is -0.484 e. The van der Waals surface area contributed by atoms with Crippen LogP contribution in [0.2, 0.25) is 0 Å². The van der Waals surface area contributed by atoms with Crippen molar-refractivity contribution in [1.29, 1.82) is 0 Å². The maximum absolute atomic E-state index is 13.7. The third kappa shape index (κ3) is 5.85. The first-order valence-electron chi connectivity index (χ1n) is 11.2. The number of halogens is 2. The van der Waals surface area contributed by atoms with Gasteiger partial charge in [0.05, 0.1) is 22.8 Å². The number of benzene rings is 3. The smallest absolute Gasteiger partial charge is 0.282 e. The van der Waals surface area contributed by atoms with Crippen molar-refractivity contribution >= 4 is 44.6 Å². The number of para-hydroxylation sites is 1. The zero-order chi connectivity index (χ0) is 25.9. The van der Waals surface area contributed by atoms with Gasteiger partial charge in [0, 0.05) is 9.89 Å². The minimum absolute atomic E-state index is 0.0862. The Labute approximate surface area is 215 Å². The molecule has 1 aromatic heterocycles. The molecule has 1 amide bonds. The summed E-state index contributed by atoms with van der Waals surface area (Å²) in [5.74, 6) is -0.0687. The highest BCUT2D eigenvalue weighted by Gasteiger charge is 2.23. The van der Waals surface area contributed by atoms with Crippen LogP contribution in [-0.2, 0) is 10.2 Å². The molecule has 3 aromatic carbocycles. The maximum atomic E-state index is 13.7. The minimum atomic E-state index is -0.524. The Morgan fingerprint density at radius 2 is 1.92 bits per heavy atom. The molecule has 9 heteroatoms. The van der Waals surface area contributed by atoms with Crippen LogP contribution >= 0.6 is 15.9 Å². The van der Waals surface area contributed by atoms with E-state index in [0.717, 1.165) is 4.47 Å². The average molecular weight is 551 g/mol. The first kappa shape index (κ1) is 25.2. The van der Waals surface area contributed by atoms with Crippen molar-refractivity contribution in [2.45, 2.75) is 26.2 Å². The molecule has 0 saturated carbocycles. The van der Waals surface area contributed by atoms with Crippen LogP contribution in [0, 0.1) is 5.82 Å². The molecular formula is C27H24BrFN4O3. The van der Waals surface area contributed by atoms with Gasteiger partial charge in [0.2, 0.25) is 0 Å². The van der Waals surface area contributed by atoms with Crippen LogP contribution in [0.1, 0.15) is 32.2 Å². The summed E-state index contributed by atoms with van der Waals surface area (Å²) < 4.78 is 21.4. The third-order valence-electron chi connectivity index (χ3n) is 5.18. The molecule has 0 bridgehead atoms. The van der Waals surface area contributed by atoms with Gasteiger partial charge in [-0.05, 0) is 48.0 Å². The van der Waals surface area contributed by atoms with Crippen molar-refractivity contribution in [2.75, 3.05) is 11.9 Å². The zero-order valence-electron chi connectivity index (χ0n) is 20.0. The van der Waals surface area contributed by atoms with Gasteiger partial charge in [-0.15, -0.1) is 0 Å². The summed E-state index contributed by atoms with van der Waals surface area (Å²) in [4.78, 5) is 30.1. The van der Waals surface area contributed by atoms with E-state index in [2.05, 4.69) is 26.3 Å². The molecule has 0 atom stereocenters. The van der Waals surface area contributed by atoms with E-state index in [1.54, 1.807) is 48.5 Å². The van der Waals surface area contributed by atoms with Crippen molar-refractivity contribution in [3.05, 3.63) is 98.8 Å². The Balaban J connectivity index is 1.56. The largest absolute Gasteiger partial charge is 0.484 e. The van der Waals surface area contributed by atoms with Crippen molar-refractivity contribution in [1.82, 2.24) is 9.66 Å². The van der Waals surface area contributed by atoms with E-state index in [1.807, 2.05) is 26.8 Å². The van der Waals surface area contributed by atoms with E-state index in [4.69, 9.17) is 9.72 Å². The Morgan fingerprint density at radius 1 is 1.14 bits per heavy atom. The van der Waals surface area contributed by atoms with Gasteiger partial charge in [0.15, 0.2) is 6.61 Å². The normalized spacial score (nSPS) is 11.7. The highest BCUT2D eigenvalue weighted by molar-refractivity contribution is 9.10. The van der Waals surface area contributed by atoms with Crippen LogP contribution in [0.5, 0.6) is 5.75 Å². The summed E-state index contributed by atoms with van der Waals surface area (Å²) in [6, 6.07) is 18.2. The fraction of sp³-hybridized carbons (Fsp3) is 0.185. The van der Waals surface area contributed by atoms with Gasteiger partial charge < -0.3 is 10.1 Å². The fourth-order valence-electron chi connectivity index (χ4n) is 3.45. The van der Waals surface area contributed by atoms with Crippen LogP contribution < -0.4 is 15.6 Å². The lowest BCUT2D eigenvalue weighted by molar-refractivity contribution is -0.118. The summed E-state index contributed by atoms with van der Waals surface area (Å²) in [5, 5.41) is 7.37. The quantitative estimate of drug-likeness (QED) is 0.321. The summed E-state index contributed by atoms with van der Waals surface area (Å²) in [6.45, 7) is 5.59. The molecule has 36 heavy (non-hydrogen) atoms. The first-order valence-corrected chi connectivity index (χ1v) is 12.0. The molecule has 0 saturated heterocycles. The number of hydrogen-bond donors (Lipinski definition) is 1. The summed E-state index contributed by atoms with van der Waals surface area (Å²) in [7, 11) is 0. The summed E-state index contributed by atoms with van der Waals surface area (Å²) >= 11 is 3.40. The predicted molar refractivity (Wildman–Crippen MR) is 142 cm³/mol. The molecule has 4 rings (SSSR count). The van der Waals surface area contributed by atoms with Gasteiger partial charge in [-0.2, -0.15) is 9.78 Å². The number of nitrogens with zero attached hydrogens (tertiary/aromatic N) is 3. The Morgan fingerprint density at radius 3 is 2.67 bits per heavy atom. The number of anilines is 1. The molecule has 184 valence electrons. The highest BCUT2D eigenvalue weighted by Crippen LogP contribution is 2.23. The first-order chi connectivity index (χ1) is 17.1. The Kier molecular flexibility index (Phi) is 7.30. The standard InChI is InChI=1S/C27H24BrFN4O3/c1-27(2,3)26-32-22-12-11-18(28)14-20(22)25(35)33(26)30-15-17-7-6-8-19(13-17)36-16-24(34)31-23-10-5-4-9-21(23)29/h4-15H,16H2,1-3H3,(H,31,34). The van der Waals surface area contributed by atoms with E-state index in [-0.39, 0.29) is 17.9 Å². The number of hydrogen-bond acceptors (Lipinski definition) is 5. The van der Waals surface area contributed by atoms with Crippen molar-refractivity contribution in [3.63, 3.8) is 0 Å². The Hall–Kier alpha value is -3.85. The van der Waals surface area contributed by atoms with Gasteiger partial charge in [0.1, 0.15) is 17.4 Å². The van der Waals surface area contributed by atoms with Crippen molar-refractivity contribution < 1.29 is 13.9 Å².